The summed E-state index contributed by atoms with van der Waals surface area (Å²) in [7, 11) is 0. The molecule has 3 heterocycles. The third-order valence-corrected chi connectivity index (χ3v) is 9.75. The quantitative estimate of drug-likeness (QED) is 0.381. The zero-order valence-electron chi connectivity index (χ0n) is 22.0. The van der Waals surface area contributed by atoms with Crippen LogP contribution in [-0.2, 0) is 5.41 Å². The number of benzene rings is 2. The largest absolute Gasteiger partial charge is 0.338 e. The molecule has 3 fully saturated rings. The third-order valence-electron chi connectivity index (χ3n) is 9.01. The van der Waals surface area contributed by atoms with Crippen LogP contribution in [0.2, 0.25) is 10.0 Å². The molecule has 6 heteroatoms. The molecule has 1 unspecified atom stereocenters. The molecule has 0 bridgehead atoms. The lowest BCUT2D eigenvalue weighted by Crippen LogP contribution is -2.49. The lowest BCUT2D eigenvalue weighted by Gasteiger charge is -2.44. The maximum Gasteiger partial charge on any atom is 0.253 e. The number of amides is 1. The Labute approximate surface area is 232 Å². The molecule has 4 nitrogen and oxygen atoms in total. The van der Waals surface area contributed by atoms with E-state index in [-0.39, 0.29) is 11.3 Å². The molecule has 2 aromatic rings. The molecule has 0 aliphatic carbocycles. The van der Waals surface area contributed by atoms with E-state index < -0.39 is 0 Å². The topological polar surface area (TPSA) is 26.8 Å². The Kier molecular flexibility index (Phi) is 9.13. The summed E-state index contributed by atoms with van der Waals surface area (Å²) in [5.74, 6) is 0.129. The van der Waals surface area contributed by atoms with E-state index in [0.29, 0.717) is 10.0 Å². The van der Waals surface area contributed by atoms with Gasteiger partial charge in [-0.2, -0.15) is 0 Å². The lowest BCUT2D eigenvalue weighted by atomic mass is 9.71. The van der Waals surface area contributed by atoms with Crippen molar-refractivity contribution in [1.82, 2.24) is 14.7 Å². The third kappa shape index (κ3) is 6.53. The molecule has 37 heavy (non-hydrogen) atoms. The smallest absolute Gasteiger partial charge is 0.253 e. The summed E-state index contributed by atoms with van der Waals surface area (Å²) in [6, 6.07) is 16.6. The van der Waals surface area contributed by atoms with Gasteiger partial charge in [-0.05, 0) is 114 Å². The highest BCUT2D eigenvalue weighted by Crippen LogP contribution is 2.41. The summed E-state index contributed by atoms with van der Waals surface area (Å²) < 4.78 is 0. The highest BCUT2D eigenvalue weighted by atomic mass is 35.5. The minimum atomic E-state index is -0.0942. The molecule has 0 aromatic heterocycles. The number of nitrogens with zero attached hydrogens (tertiary/aromatic N) is 3. The Hall–Kier alpha value is -1.59. The normalized spacial score (nSPS) is 24.3. The van der Waals surface area contributed by atoms with Crippen LogP contribution in [-0.4, -0.2) is 72.5 Å². The first-order valence-electron chi connectivity index (χ1n) is 14.3. The molecule has 200 valence electrons. The lowest BCUT2D eigenvalue weighted by molar-refractivity contribution is 0.0612. The first kappa shape index (κ1) is 27.0. The van der Waals surface area contributed by atoms with E-state index in [9.17, 15) is 4.79 Å². The summed E-state index contributed by atoms with van der Waals surface area (Å²) in [4.78, 5) is 20.9. The summed E-state index contributed by atoms with van der Waals surface area (Å²) in [6.45, 7) is 7.68. The number of carbonyl (C=O) groups excluding carboxylic acids is 1. The molecule has 2 aromatic carbocycles. The molecular weight excluding hydrogens is 501 g/mol. The van der Waals surface area contributed by atoms with Crippen molar-refractivity contribution in [3.05, 3.63) is 69.7 Å². The second-order valence-corrected chi connectivity index (χ2v) is 12.2. The maximum atomic E-state index is 13.4. The molecule has 0 radical (unpaired) electrons. The molecule has 3 saturated heterocycles. The summed E-state index contributed by atoms with van der Waals surface area (Å²) in [6.07, 6.45) is 11.0. The molecule has 3 aliphatic heterocycles. The van der Waals surface area contributed by atoms with Crippen LogP contribution in [0.15, 0.2) is 48.5 Å². The fourth-order valence-corrected chi connectivity index (χ4v) is 7.21. The summed E-state index contributed by atoms with van der Waals surface area (Å²) in [5, 5.41) is 1.19. The first-order chi connectivity index (χ1) is 18.0. The van der Waals surface area contributed by atoms with E-state index in [1.165, 1.54) is 63.8 Å². The minimum absolute atomic E-state index is 0.0942. The van der Waals surface area contributed by atoms with Crippen molar-refractivity contribution in [1.29, 1.82) is 0 Å². The van der Waals surface area contributed by atoms with Gasteiger partial charge in [-0.3, -0.25) is 4.79 Å². The Balaban J connectivity index is 1.24. The predicted octanol–water partition coefficient (Wildman–Crippen LogP) is 6.90. The zero-order valence-corrected chi connectivity index (χ0v) is 23.5. The summed E-state index contributed by atoms with van der Waals surface area (Å²) in [5.41, 5.74) is 1.89. The van der Waals surface area contributed by atoms with Crippen LogP contribution in [0.3, 0.4) is 0 Å². The van der Waals surface area contributed by atoms with Gasteiger partial charge in [0.25, 0.3) is 5.91 Å². The van der Waals surface area contributed by atoms with Gasteiger partial charge < -0.3 is 14.7 Å². The number of likely N-dealkylation sites (tertiary alicyclic amines) is 3. The Bertz CT molecular complexity index is 1030. The van der Waals surface area contributed by atoms with E-state index in [1.54, 1.807) is 0 Å². The van der Waals surface area contributed by atoms with Gasteiger partial charge in [-0.25, -0.2) is 0 Å². The van der Waals surface area contributed by atoms with Crippen LogP contribution >= 0.6 is 23.2 Å². The SMILES string of the molecule is O=C(c1ccccc1)N1CCCC(CCCN2CCC(N3CCCCC3)CC2)(c2ccc(Cl)c(Cl)c2)C1. The number of carbonyl (C=O) groups is 1. The molecule has 1 amide bonds. The van der Waals surface area contributed by atoms with E-state index in [0.717, 1.165) is 56.9 Å². The van der Waals surface area contributed by atoms with Gasteiger partial charge in [-0.15, -0.1) is 0 Å². The standard InChI is InChI=1S/C31H41Cl2N3O/c32-28-12-11-26(23-29(28)33)31(16-8-20-36(24-31)30(37)25-9-3-1-4-10-25)15-7-17-34-21-13-27(14-22-34)35-18-5-2-6-19-35/h1,3-4,9-12,23,27H,2,5-8,13-22,24H2. The van der Waals surface area contributed by atoms with Crippen LogP contribution < -0.4 is 0 Å². The van der Waals surface area contributed by atoms with Crippen molar-refractivity contribution in [2.24, 2.45) is 0 Å². The Morgan fingerprint density at radius 2 is 1.62 bits per heavy atom. The number of piperidine rings is 3. The van der Waals surface area contributed by atoms with Crippen LogP contribution in [0.5, 0.6) is 0 Å². The van der Waals surface area contributed by atoms with E-state index in [2.05, 4.69) is 20.8 Å². The fourth-order valence-electron chi connectivity index (χ4n) is 6.91. The zero-order chi connectivity index (χ0) is 25.7. The highest BCUT2D eigenvalue weighted by Gasteiger charge is 2.39. The number of hydrogen-bond acceptors (Lipinski definition) is 3. The van der Waals surface area contributed by atoms with Gasteiger partial charge in [-0.1, -0.05) is 53.9 Å². The van der Waals surface area contributed by atoms with E-state index in [1.807, 2.05) is 42.5 Å². The Morgan fingerprint density at radius 1 is 0.865 bits per heavy atom. The van der Waals surface area contributed by atoms with Crippen molar-refractivity contribution in [3.8, 4) is 0 Å². The second-order valence-electron chi connectivity index (χ2n) is 11.4. The minimum Gasteiger partial charge on any atom is -0.338 e. The average Bonchev–Trinajstić information content (AvgIpc) is 2.95. The highest BCUT2D eigenvalue weighted by molar-refractivity contribution is 6.42. The van der Waals surface area contributed by atoms with Crippen molar-refractivity contribution in [2.45, 2.75) is 69.2 Å². The molecule has 0 spiro atoms. The van der Waals surface area contributed by atoms with Gasteiger partial charge in [0, 0.05) is 30.1 Å². The van der Waals surface area contributed by atoms with Crippen LogP contribution in [0.4, 0.5) is 0 Å². The Morgan fingerprint density at radius 3 is 2.35 bits per heavy atom. The van der Waals surface area contributed by atoms with Crippen molar-refractivity contribution in [2.75, 3.05) is 45.8 Å². The van der Waals surface area contributed by atoms with Crippen molar-refractivity contribution < 1.29 is 4.79 Å². The van der Waals surface area contributed by atoms with Gasteiger partial charge in [0.05, 0.1) is 10.0 Å². The van der Waals surface area contributed by atoms with Gasteiger partial charge >= 0.3 is 0 Å². The van der Waals surface area contributed by atoms with Crippen LogP contribution in [0, 0.1) is 0 Å². The molecule has 0 N–H and O–H groups in total. The number of rotatable bonds is 7. The van der Waals surface area contributed by atoms with E-state index >= 15 is 0 Å². The maximum absolute atomic E-state index is 13.4. The first-order valence-corrected chi connectivity index (χ1v) is 15.1. The predicted molar refractivity (Wildman–Crippen MR) is 154 cm³/mol. The molecule has 1 atom stereocenters. The summed E-state index contributed by atoms with van der Waals surface area (Å²) >= 11 is 12.8. The fraction of sp³-hybridized carbons (Fsp3) is 0.581. The van der Waals surface area contributed by atoms with Gasteiger partial charge in [0.1, 0.15) is 0 Å². The number of hydrogen-bond donors (Lipinski definition) is 0. The number of halogens is 2. The molecule has 3 aliphatic rings. The monoisotopic (exact) mass is 541 g/mol. The molecule has 0 saturated carbocycles. The van der Waals surface area contributed by atoms with Crippen LogP contribution in [0.1, 0.15) is 73.7 Å². The molecular formula is C31H41Cl2N3O. The molecule has 5 rings (SSSR count). The van der Waals surface area contributed by atoms with Gasteiger partial charge in [0.2, 0.25) is 0 Å². The van der Waals surface area contributed by atoms with E-state index in [4.69, 9.17) is 23.2 Å². The van der Waals surface area contributed by atoms with Crippen LogP contribution in [0.25, 0.3) is 0 Å². The average molecular weight is 543 g/mol. The van der Waals surface area contributed by atoms with Crippen molar-refractivity contribution in [3.63, 3.8) is 0 Å². The van der Waals surface area contributed by atoms with Crippen molar-refractivity contribution >= 4 is 29.1 Å². The second kappa shape index (κ2) is 12.5. The van der Waals surface area contributed by atoms with Gasteiger partial charge in [0.15, 0.2) is 0 Å².